The number of hydrogen-bond acceptors (Lipinski definition) is 4. The molecule has 0 bridgehead atoms. The van der Waals surface area contributed by atoms with Crippen LogP contribution < -0.4 is 9.47 Å². The lowest BCUT2D eigenvalue weighted by molar-refractivity contribution is -0.385. The lowest BCUT2D eigenvalue weighted by Crippen LogP contribution is -2.30. The second kappa shape index (κ2) is 3.10. The summed E-state index contributed by atoms with van der Waals surface area (Å²) < 4.78 is 11.2. The third kappa shape index (κ3) is 1.48. The number of fused-ring (bicyclic) bond motifs is 1. The van der Waals surface area contributed by atoms with Crippen LogP contribution in [-0.4, -0.2) is 10.7 Å². The van der Waals surface area contributed by atoms with Crippen molar-refractivity contribution < 1.29 is 14.4 Å². The minimum atomic E-state index is -0.757. The van der Waals surface area contributed by atoms with E-state index in [-0.39, 0.29) is 5.69 Å². The predicted molar refractivity (Wildman–Crippen MR) is 57.9 cm³/mol. The highest BCUT2D eigenvalue weighted by Gasteiger charge is 2.36. The third-order valence-electron chi connectivity index (χ3n) is 2.53. The van der Waals surface area contributed by atoms with Gasteiger partial charge in [0.25, 0.3) is 5.69 Å². The van der Waals surface area contributed by atoms with E-state index in [1.165, 1.54) is 6.07 Å². The van der Waals surface area contributed by atoms with E-state index in [4.69, 9.17) is 9.47 Å². The number of ether oxygens (including phenoxy) is 2. The minimum Gasteiger partial charge on any atom is -0.449 e. The standard InChI is InChI=1S/C11H13NO4/c1-6-5-8(12(13)14)7(2)10-9(6)15-11(3,4)16-10/h5H,1-4H3. The van der Waals surface area contributed by atoms with Crippen LogP contribution in [0.1, 0.15) is 25.0 Å². The Hall–Kier alpha value is -1.78. The van der Waals surface area contributed by atoms with Gasteiger partial charge in [0.05, 0.1) is 10.5 Å². The molecule has 1 aliphatic heterocycles. The molecule has 86 valence electrons. The van der Waals surface area contributed by atoms with Gasteiger partial charge in [0, 0.05) is 25.5 Å². The Balaban J connectivity index is 2.64. The lowest BCUT2D eigenvalue weighted by Gasteiger charge is -2.16. The maximum Gasteiger partial charge on any atom is 0.276 e. The second-order valence-corrected chi connectivity index (χ2v) is 4.36. The smallest absolute Gasteiger partial charge is 0.276 e. The van der Waals surface area contributed by atoms with E-state index in [1.807, 2.05) is 0 Å². The molecule has 1 aromatic carbocycles. The van der Waals surface area contributed by atoms with Gasteiger partial charge < -0.3 is 9.47 Å². The van der Waals surface area contributed by atoms with E-state index in [1.54, 1.807) is 27.7 Å². The first-order valence-corrected chi connectivity index (χ1v) is 4.98. The summed E-state index contributed by atoms with van der Waals surface area (Å²) in [5, 5.41) is 10.8. The highest BCUT2D eigenvalue weighted by Crippen LogP contribution is 2.47. The van der Waals surface area contributed by atoms with Gasteiger partial charge in [0.1, 0.15) is 0 Å². The molecule has 1 aromatic rings. The Labute approximate surface area is 93.1 Å². The quantitative estimate of drug-likeness (QED) is 0.542. The van der Waals surface area contributed by atoms with Crippen molar-refractivity contribution >= 4 is 5.69 Å². The zero-order valence-electron chi connectivity index (χ0n) is 9.66. The summed E-state index contributed by atoms with van der Waals surface area (Å²) >= 11 is 0. The van der Waals surface area contributed by atoms with E-state index >= 15 is 0 Å². The molecule has 0 amide bonds. The third-order valence-corrected chi connectivity index (χ3v) is 2.53. The molecule has 1 heterocycles. The van der Waals surface area contributed by atoms with Crippen molar-refractivity contribution in [1.82, 2.24) is 0 Å². The largest absolute Gasteiger partial charge is 0.449 e. The summed E-state index contributed by atoms with van der Waals surface area (Å²) in [5.74, 6) is 0.331. The predicted octanol–water partition coefficient (Wildman–Crippen LogP) is 2.72. The Morgan fingerprint density at radius 3 is 2.38 bits per heavy atom. The Morgan fingerprint density at radius 2 is 1.81 bits per heavy atom. The van der Waals surface area contributed by atoms with Gasteiger partial charge in [-0.2, -0.15) is 0 Å². The van der Waals surface area contributed by atoms with E-state index in [9.17, 15) is 10.1 Å². The SMILES string of the molecule is Cc1cc([N+](=O)[O-])c(C)c2c1OC(C)(C)O2. The molecule has 0 radical (unpaired) electrons. The van der Waals surface area contributed by atoms with Crippen molar-refractivity contribution in [2.24, 2.45) is 0 Å². The van der Waals surface area contributed by atoms with Gasteiger partial charge in [-0.05, 0) is 13.8 Å². The van der Waals surface area contributed by atoms with Crippen molar-refractivity contribution in [3.05, 3.63) is 27.3 Å². The first-order valence-electron chi connectivity index (χ1n) is 4.98. The minimum absolute atomic E-state index is 0.0672. The fraction of sp³-hybridized carbons (Fsp3) is 0.455. The Morgan fingerprint density at radius 1 is 1.25 bits per heavy atom. The van der Waals surface area contributed by atoms with Crippen LogP contribution >= 0.6 is 0 Å². The summed E-state index contributed by atoms with van der Waals surface area (Å²) in [5.41, 5.74) is 1.30. The average molecular weight is 223 g/mol. The molecule has 2 rings (SSSR count). The molecule has 1 aliphatic rings. The summed E-state index contributed by atoms with van der Waals surface area (Å²) in [6.07, 6.45) is 0. The second-order valence-electron chi connectivity index (χ2n) is 4.36. The summed E-state index contributed by atoms with van der Waals surface area (Å²) in [6.45, 7) is 6.99. The highest BCUT2D eigenvalue weighted by molar-refractivity contribution is 5.61. The maximum absolute atomic E-state index is 10.8. The lowest BCUT2D eigenvalue weighted by atomic mass is 10.1. The van der Waals surface area contributed by atoms with Crippen LogP contribution in [0.2, 0.25) is 0 Å². The van der Waals surface area contributed by atoms with Gasteiger partial charge in [-0.3, -0.25) is 10.1 Å². The number of nitro benzene ring substituents is 1. The number of nitrogens with zero attached hydrogens (tertiary/aromatic N) is 1. The molecule has 0 N–H and O–H groups in total. The van der Waals surface area contributed by atoms with Gasteiger partial charge in [0.2, 0.25) is 5.79 Å². The van der Waals surface area contributed by atoms with Gasteiger partial charge in [0.15, 0.2) is 11.5 Å². The summed E-state index contributed by atoms with van der Waals surface area (Å²) in [4.78, 5) is 10.4. The summed E-state index contributed by atoms with van der Waals surface area (Å²) in [7, 11) is 0. The molecular formula is C11H13NO4. The molecule has 0 saturated carbocycles. The van der Waals surface area contributed by atoms with Crippen LogP contribution in [0.3, 0.4) is 0 Å². The zero-order chi connectivity index (χ0) is 12.1. The van der Waals surface area contributed by atoms with Crippen molar-refractivity contribution in [1.29, 1.82) is 0 Å². The van der Waals surface area contributed by atoms with Crippen molar-refractivity contribution in [3.8, 4) is 11.5 Å². The van der Waals surface area contributed by atoms with E-state index in [0.717, 1.165) is 5.56 Å². The van der Waals surface area contributed by atoms with Crippen molar-refractivity contribution in [2.75, 3.05) is 0 Å². The molecule has 16 heavy (non-hydrogen) atoms. The van der Waals surface area contributed by atoms with Crippen LogP contribution in [-0.2, 0) is 0 Å². The first-order chi connectivity index (χ1) is 7.32. The van der Waals surface area contributed by atoms with Crippen LogP contribution in [0.4, 0.5) is 5.69 Å². The van der Waals surface area contributed by atoms with Gasteiger partial charge in [-0.25, -0.2) is 0 Å². The number of nitro groups is 1. The Kier molecular flexibility index (Phi) is 2.08. The number of aryl methyl sites for hydroxylation is 1. The van der Waals surface area contributed by atoms with Gasteiger partial charge in [-0.15, -0.1) is 0 Å². The molecule has 0 aliphatic carbocycles. The van der Waals surface area contributed by atoms with E-state index in [0.29, 0.717) is 17.1 Å². The van der Waals surface area contributed by atoms with Crippen LogP contribution in [0.15, 0.2) is 6.07 Å². The molecule has 5 nitrogen and oxygen atoms in total. The van der Waals surface area contributed by atoms with Crippen LogP contribution in [0.25, 0.3) is 0 Å². The monoisotopic (exact) mass is 223 g/mol. The first kappa shape index (κ1) is 10.7. The molecule has 0 aromatic heterocycles. The average Bonchev–Trinajstić information content (AvgIpc) is 2.48. The van der Waals surface area contributed by atoms with Crippen molar-refractivity contribution in [3.63, 3.8) is 0 Å². The highest BCUT2D eigenvalue weighted by atomic mass is 16.7. The maximum atomic E-state index is 10.8. The van der Waals surface area contributed by atoms with E-state index in [2.05, 4.69) is 0 Å². The van der Waals surface area contributed by atoms with Gasteiger partial charge in [-0.1, -0.05) is 0 Å². The molecule has 5 heteroatoms. The van der Waals surface area contributed by atoms with Crippen LogP contribution in [0.5, 0.6) is 11.5 Å². The van der Waals surface area contributed by atoms with E-state index < -0.39 is 10.7 Å². The zero-order valence-corrected chi connectivity index (χ0v) is 9.66. The molecule has 0 atom stereocenters. The topological polar surface area (TPSA) is 61.6 Å². The summed E-state index contributed by atoms with van der Waals surface area (Å²) in [6, 6.07) is 1.51. The molecule has 0 unspecified atom stereocenters. The molecule has 0 spiro atoms. The fourth-order valence-corrected chi connectivity index (χ4v) is 1.80. The van der Waals surface area contributed by atoms with Gasteiger partial charge >= 0.3 is 0 Å². The van der Waals surface area contributed by atoms with Crippen LogP contribution in [0, 0.1) is 24.0 Å². The molecule has 0 saturated heterocycles. The molecular weight excluding hydrogens is 210 g/mol. The normalized spacial score (nSPS) is 16.2. The fourth-order valence-electron chi connectivity index (χ4n) is 1.80. The molecule has 0 fully saturated rings. The number of hydrogen-bond donors (Lipinski definition) is 0. The number of rotatable bonds is 1. The Bertz CT molecular complexity index is 479. The number of benzene rings is 1. The van der Waals surface area contributed by atoms with Crippen molar-refractivity contribution in [2.45, 2.75) is 33.5 Å².